The van der Waals surface area contributed by atoms with Crippen molar-refractivity contribution in [1.82, 2.24) is 0 Å². The SMILES string of the molecule is CCCC(=O)O[C@H]1[C@H](C(CC)C(=O)OC(C)(C)C)COC(O)[C@@H]1OC(=O)CCC. The van der Waals surface area contributed by atoms with Gasteiger partial charge in [0.1, 0.15) is 11.7 Å². The fourth-order valence-electron chi connectivity index (χ4n) is 3.28. The first kappa shape index (κ1) is 25.4. The second-order valence-corrected chi connectivity index (χ2v) is 8.34. The van der Waals surface area contributed by atoms with Crippen molar-refractivity contribution in [3.63, 3.8) is 0 Å². The fraction of sp³-hybridized carbons (Fsp3) is 0.857. The lowest BCUT2D eigenvalue weighted by Gasteiger charge is -2.42. The van der Waals surface area contributed by atoms with Gasteiger partial charge in [-0.3, -0.25) is 14.4 Å². The third kappa shape index (κ3) is 7.93. The molecule has 1 aliphatic heterocycles. The van der Waals surface area contributed by atoms with E-state index in [9.17, 15) is 19.5 Å². The van der Waals surface area contributed by atoms with E-state index in [0.29, 0.717) is 19.3 Å². The van der Waals surface area contributed by atoms with Gasteiger partial charge in [-0.2, -0.15) is 0 Å². The molecule has 0 aromatic carbocycles. The van der Waals surface area contributed by atoms with Crippen molar-refractivity contribution in [3.8, 4) is 0 Å². The Morgan fingerprint density at radius 3 is 1.97 bits per heavy atom. The third-order valence-corrected chi connectivity index (χ3v) is 4.60. The van der Waals surface area contributed by atoms with Gasteiger partial charge < -0.3 is 24.1 Å². The summed E-state index contributed by atoms with van der Waals surface area (Å²) in [7, 11) is 0. The van der Waals surface area contributed by atoms with Crippen LogP contribution in [0.1, 0.15) is 73.6 Å². The molecule has 1 fully saturated rings. The predicted molar refractivity (Wildman–Crippen MR) is 105 cm³/mol. The predicted octanol–water partition coefficient (Wildman–Crippen LogP) is 2.74. The Hall–Kier alpha value is -1.67. The second kappa shape index (κ2) is 11.5. The van der Waals surface area contributed by atoms with E-state index in [4.69, 9.17) is 18.9 Å². The Morgan fingerprint density at radius 2 is 1.52 bits per heavy atom. The maximum absolute atomic E-state index is 12.8. The highest BCUT2D eigenvalue weighted by atomic mass is 16.7. The molecule has 0 spiro atoms. The van der Waals surface area contributed by atoms with Gasteiger partial charge in [0, 0.05) is 18.8 Å². The van der Waals surface area contributed by atoms with Gasteiger partial charge in [-0.15, -0.1) is 0 Å². The van der Waals surface area contributed by atoms with Crippen LogP contribution in [0.25, 0.3) is 0 Å². The van der Waals surface area contributed by atoms with Gasteiger partial charge >= 0.3 is 17.9 Å². The fourth-order valence-corrected chi connectivity index (χ4v) is 3.28. The van der Waals surface area contributed by atoms with E-state index in [-0.39, 0.29) is 19.4 Å². The first-order chi connectivity index (χ1) is 13.5. The number of hydrogen-bond acceptors (Lipinski definition) is 8. The van der Waals surface area contributed by atoms with E-state index in [1.165, 1.54) is 0 Å². The Morgan fingerprint density at radius 1 is 1.00 bits per heavy atom. The standard InChI is InChI=1S/C21H36O8/c1-7-10-15(22)27-17-14(13(9-3)19(24)29-21(4,5)6)12-26-20(25)18(17)28-16(23)11-8-2/h13-14,17-18,20,25H,7-12H2,1-6H3/t13?,14-,17-,18+,20?/m0/s1. The Balaban J connectivity index is 3.16. The quantitative estimate of drug-likeness (QED) is 0.451. The van der Waals surface area contributed by atoms with E-state index in [1.54, 1.807) is 20.8 Å². The molecule has 0 radical (unpaired) electrons. The molecule has 0 bridgehead atoms. The largest absolute Gasteiger partial charge is 0.460 e. The summed E-state index contributed by atoms with van der Waals surface area (Å²) in [6, 6.07) is 0. The molecule has 0 aromatic heterocycles. The number of carbonyl (C=O) groups is 3. The number of ether oxygens (including phenoxy) is 4. The van der Waals surface area contributed by atoms with Crippen LogP contribution in [0, 0.1) is 11.8 Å². The molecular weight excluding hydrogens is 380 g/mol. The molecule has 1 rings (SSSR count). The molecular formula is C21H36O8. The normalized spacial score (nSPS) is 25.8. The zero-order valence-corrected chi connectivity index (χ0v) is 18.4. The van der Waals surface area contributed by atoms with Gasteiger partial charge in [0.15, 0.2) is 12.4 Å². The van der Waals surface area contributed by atoms with Crippen LogP contribution in [0.3, 0.4) is 0 Å². The van der Waals surface area contributed by atoms with Gasteiger partial charge in [0.25, 0.3) is 0 Å². The summed E-state index contributed by atoms with van der Waals surface area (Å²) >= 11 is 0. The minimum absolute atomic E-state index is 0.0230. The topological polar surface area (TPSA) is 108 Å². The van der Waals surface area contributed by atoms with Crippen molar-refractivity contribution in [1.29, 1.82) is 0 Å². The highest BCUT2D eigenvalue weighted by Gasteiger charge is 2.49. The molecule has 1 N–H and O–H groups in total. The molecule has 0 saturated carbocycles. The van der Waals surface area contributed by atoms with E-state index in [0.717, 1.165) is 0 Å². The molecule has 29 heavy (non-hydrogen) atoms. The summed E-state index contributed by atoms with van der Waals surface area (Å²) < 4.78 is 21.9. The van der Waals surface area contributed by atoms with E-state index in [1.807, 2.05) is 20.8 Å². The first-order valence-corrected chi connectivity index (χ1v) is 10.4. The number of aliphatic hydroxyl groups is 1. The maximum atomic E-state index is 12.8. The summed E-state index contributed by atoms with van der Waals surface area (Å²) in [5, 5.41) is 10.3. The van der Waals surface area contributed by atoms with Crippen molar-refractivity contribution in [2.75, 3.05) is 6.61 Å². The summed E-state index contributed by atoms with van der Waals surface area (Å²) in [4.78, 5) is 37.1. The number of aliphatic hydroxyl groups excluding tert-OH is 1. The molecule has 0 aromatic rings. The summed E-state index contributed by atoms with van der Waals surface area (Å²) in [6.07, 6.45) is -1.74. The number of esters is 3. The van der Waals surface area contributed by atoms with Crippen molar-refractivity contribution in [2.45, 2.75) is 97.7 Å². The van der Waals surface area contributed by atoms with Crippen molar-refractivity contribution in [2.24, 2.45) is 11.8 Å². The summed E-state index contributed by atoms with van der Waals surface area (Å²) in [5.74, 6) is -2.71. The van der Waals surface area contributed by atoms with E-state index in [2.05, 4.69) is 0 Å². The maximum Gasteiger partial charge on any atom is 0.309 e. The van der Waals surface area contributed by atoms with Crippen LogP contribution in [-0.2, 0) is 33.3 Å². The number of carbonyl (C=O) groups excluding carboxylic acids is 3. The van der Waals surface area contributed by atoms with Crippen LogP contribution in [0.2, 0.25) is 0 Å². The highest BCUT2D eigenvalue weighted by molar-refractivity contribution is 5.74. The van der Waals surface area contributed by atoms with E-state index < -0.39 is 53.8 Å². The highest BCUT2D eigenvalue weighted by Crippen LogP contribution is 2.34. The van der Waals surface area contributed by atoms with Crippen LogP contribution in [0.4, 0.5) is 0 Å². The summed E-state index contributed by atoms with van der Waals surface area (Å²) in [5.41, 5.74) is -0.680. The zero-order valence-electron chi connectivity index (χ0n) is 18.4. The Bertz CT molecular complexity index is 553. The molecule has 1 saturated heterocycles. The lowest BCUT2D eigenvalue weighted by atomic mass is 9.82. The van der Waals surface area contributed by atoms with Crippen LogP contribution < -0.4 is 0 Å². The molecule has 8 heteroatoms. The minimum Gasteiger partial charge on any atom is -0.460 e. The summed E-state index contributed by atoms with van der Waals surface area (Å²) in [6.45, 7) is 10.8. The molecule has 1 heterocycles. The van der Waals surface area contributed by atoms with Crippen LogP contribution in [0.5, 0.6) is 0 Å². The molecule has 5 atom stereocenters. The molecule has 168 valence electrons. The van der Waals surface area contributed by atoms with Gasteiger partial charge in [-0.25, -0.2) is 0 Å². The Labute approximate surface area is 173 Å². The second-order valence-electron chi connectivity index (χ2n) is 8.34. The van der Waals surface area contributed by atoms with Gasteiger partial charge in [-0.1, -0.05) is 20.8 Å². The van der Waals surface area contributed by atoms with Crippen molar-refractivity contribution >= 4 is 17.9 Å². The van der Waals surface area contributed by atoms with Crippen molar-refractivity contribution < 1.29 is 38.4 Å². The minimum atomic E-state index is -1.44. The van der Waals surface area contributed by atoms with Gasteiger partial charge in [0.05, 0.1) is 12.5 Å². The zero-order chi connectivity index (χ0) is 22.2. The molecule has 8 nitrogen and oxygen atoms in total. The lowest BCUT2D eigenvalue weighted by Crippen LogP contribution is -2.56. The number of hydrogen-bond donors (Lipinski definition) is 1. The van der Waals surface area contributed by atoms with Gasteiger partial charge in [-0.05, 0) is 40.0 Å². The average Bonchev–Trinajstić information content (AvgIpc) is 2.59. The smallest absolute Gasteiger partial charge is 0.309 e. The van der Waals surface area contributed by atoms with Crippen molar-refractivity contribution in [3.05, 3.63) is 0 Å². The molecule has 0 amide bonds. The molecule has 0 aliphatic carbocycles. The van der Waals surface area contributed by atoms with Crippen LogP contribution in [-0.4, -0.2) is 53.7 Å². The van der Waals surface area contributed by atoms with Crippen LogP contribution in [0.15, 0.2) is 0 Å². The first-order valence-electron chi connectivity index (χ1n) is 10.4. The average molecular weight is 417 g/mol. The third-order valence-electron chi connectivity index (χ3n) is 4.60. The number of rotatable bonds is 9. The van der Waals surface area contributed by atoms with Crippen LogP contribution >= 0.6 is 0 Å². The molecule has 2 unspecified atom stereocenters. The monoisotopic (exact) mass is 416 g/mol. The van der Waals surface area contributed by atoms with Gasteiger partial charge in [0.2, 0.25) is 0 Å². The molecule has 1 aliphatic rings. The lowest BCUT2D eigenvalue weighted by molar-refractivity contribution is -0.261. The van der Waals surface area contributed by atoms with E-state index >= 15 is 0 Å². The Kier molecular flexibility index (Phi) is 10.1.